The van der Waals surface area contributed by atoms with Gasteiger partial charge < -0.3 is 5.32 Å². The predicted octanol–water partition coefficient (Wildman–Crippen LogP) is 1.96. The van der Waals surface area contributed by atoms with Gasteiger partial charge in [-0.05, 0) is 38.3 Å². The number of rotatable bonds is 7. The third-order valence-electron chi connectivity index (χ3n) is 3.74. The highest BCUT2D eigenvalue weighted by Crippen LogP contribution is 2.19. The highest BCUT2D eigenvalue weighted by molar-refractivity contribution is 5.11. The molecule has 1 saturated carbocycles. The first-order valence-electron chi connectivity index (χ1n) is 7.59. The van der Waals surface area contributed by atoms with Crippen molar-refractivity contribution in [2.75, 3.05) is 0 Å². The van der Waals surface area contributed by atoms with Gasteiger partial charge >= 0.3 is 0 Å². The van der Waals surface area contributed by atoms with Crippen LogP contribution in [-0.4, -0.2) is 25.6 Å². The molecular formula is C15H23N5. The summed E-state index contributed by atoms with van der Waals surface area (Å²) in [5.41, 5.74) is 3.51. The molecule has 20 heavy (non-hydrogen) atoms. The van der Waals surface area contributed by atoms with Crippen LogP contribution in [0.4, 0.5) is 0 Å². The number of nitrogens with zero attached hydrogens (tertiary/aromatic N) is 4. The normalized spacial score (nSPS) is 14.9. The highest BCUT2D eigenvalue weighted by Gasteiger charge is 2.20. The zero-order valence-corrected chi connectivity index (χ0v) is 12.3. The van der Waals surface area contributed by atoms with E-state index in [-0.39, 0.29) is 0 Å². The lowest BCUT2D eigenvalue weighted by atomic mass is 10.3. The Labute approximate surface area is 120 Å². The molecule has 5 nitrogen and oxygen atoms in total. The molecule has 0 aromatic carbocycles. The molecule has 5 heteroatoms. The molecule has 0 bridgehead atoms. The second-order valence-corrected chi connectivity index (χ2v) is 5.46. The summed E-state index contributed by atoms with van der Waals surface area (Å²) in [7, 11) is 0. The van der Waals surface area contributed by atoms with E-state index in [1.54, 1.807) is 0 Å². The Kier molecular flexibility index (Phi) is 3.87. The molecule has 108 valence electrons. The lowest BCUT2D eigenvalue weighted by Gasteiger charge is -2.04. The summed E-state index contributed by atoms with van der Waals surface area (Å²) >= 11 is 0. The van der Waals surface area contributed by atoms with Gasteiger partial charge in [0, 0.05) is 25.3 Å². The summed E-state index contributed by atoms with van der Waals surface area (Å²) in [4.78, 5) is 0. The minimum atomic E-state index is 0.730. The van der Waals surface area contributed by atoms with Crippen molar-refractivity contribution in [3.8, 4) is 0 Å². The van der Waals surface area contributed by atoms with Gasteiger partial charge in [-0.1, -0.05) is 6.92 Å². The fourth-order valence-corrected chi connectivity index (χ4v) is 2.38. The molecule has 2 heterocycles. The third kappa shape index (κ3) is 3.10. The molecule has 1 aliphatic carbocycles. The Morgan fingerprint density at radius 1 is 1.25 bits per heavy atom. The maximum absolute atomic E-state index is 4.63. The molecule has 0 atom stereocenters. The quantitative estimate of drug-likeness (QED) is 0.839. The first-order valence-corrected chi connectivity index (χ1v) is 7.59. The lowest BCUT2D eigenvalue weighted by Crippen LogP contribution is -2.16. The summed E-state index contributed by atoms with van der Waals surface area (Å²) in [6, 6.07) is 5.02. The Balaban J connectivity index is 1.65. The van der Waals surface area contributed by atoms with Gasteiger partial charge in [-0.25, -0.2) is 0 Å². The summed E-state index contributed by atoms with van der Waals surface area (Å²) in [5, 5.41) is 12.7. The van der Waals surface area contributed by atoms with Crippen LogP contribution in [-0.2, 0) is 26.1 Å². The standard InChI is InChI=1S/C15H23N5/c1-3-12-9-15(20(4-2)18-12)11-19-8-7-14(17-19)10-16-13-5-6-13/h7-9,13,16H,3-6,10-11H2,1-2H3. The molecule has 2 aromatic rings. The molecule has 1 aliphatic rings. The SMILES string of the molecule is CCc1cc(Cn2ccc(CNC3CC3)n2)n(CC)n1. The molecule has 0 spiro atoms. The fraction of sp³-hybridized carbons (Fsp3) is 0.600. The van der Waals surface area contributed by atoms with E-state index in [2.05, 4.69) is 52.4 Å². The molecular weight excluding hydrogens is 250 g/mol. The molecule has 1 N–H and O–H groups in total. The van der Waals surface area contributed by atoms with Crippen LogP contribution in [0.1, 0.15) is 43.8 Å². The van der Waals surface area contributed by atoms with Gasteiger partial charge in [-0.2, -0.15) is 10.2 Å². The van der Waals surface area contributed by atoms with Crippen LogP contribution >= 0.6 is 0 Å². The molecule has 1 fully saturated rings. The Morgan fingerprint density at radius 2 is 2.10 bits per heavy atom. The van der Waals surface area contributed by atoms with Crippen molar-refractivity contribution in [3.63, 3.8) is 0 Å². The molecule has 0 aliphatic heterocycles. The van der Waals surface area contributed by atoms with Crippen LogP contribution in [0.25, 0.3) is 0 Å². The average Bonchev–Trinajstić information content (AvgIpc) is 3.05. The van der Waals surface area contributed by atoms with Crippen molar-refractivity contribution >= 4 is 0 Å². The van der Waals surface area contributed by atoms with Crippen LogP contribution in [0, 0.1) is 0 Å². The van der Waals surface area contributed by atoms with Crippen LogP contribution in [0.5, 0.6) is 0 Å². The van der Waals surface area contributed by atoms with Gasteiger partial charge in [0.25, 0.3) is 0 Å². The topological polar surface area (TPSA) is 47.7 Å². The van der Waals surface area contributed by atoms with Crippen molar-refractivity contribution in [1.82, 2.24) is 24.9 Å². The predicted molar refractivity (Wildman–Crippen MR) is 78.5 cm³/mol. The number of hydrogen-bond acceptors (Lipinski definition) is 3. The monoisotopic (exact) mass is 273 g/mol. The molecule has 0 unspecified atom stereocenters. The largest absolute Gasteiger partial charge is 0.308 e. The number of hydrogen-bond donors (Lipinski definition) is 1. The summed E-state index contributed by atoms with van der Waals surface area (Å²) in [6.07, 6.45) is 5.67. The van der Waals surface area contributed by atoms with Gasteiger partial charge in [0.15, 0.2) is 0 Å². The molecule has 3 rings (SSSR count). The number of aryl methyl sites for hydroxylation is 2. The molecule has 2 aromatic heterocycles. The number of aromatic nitrogens is 4. The van der Waals surface area contributed by atoms with E-state index in [0.717, 1.165) is 43.5 Å². The average molecular weight is 273 g/mol. The maximum Gasteiger partial charge on any atom is 0.0828 e. The van der Waals surface area contributed by atoms with Crippen molar-refractivity contribution < 1.29 is 0 Å². The number of nitrogens with one attached hydrogen (secondary N) is 1. The fourth-order valence-electron chi connectivity index (χ4n) is 2.38. The van der Waals surface area contributed by atoms with E-state index in [1.165, 1.54) is 18.5 Å². The molecule has 0 saturated heterocycles. The van der Waals surface area contributed by atoms with Crippen molar-refractivity contribution in [3.05, 3.63) is 35.4 Å². The minimum Gasteiger partial charge on any atom is -0.308 e. The van der Waals surface area contributed by atoms with E-state index in [9.17, 15) is 0 Å². The second-order valence-electron chi connectivity index (χ2n) is 5.46. The summed E-state index contributed by atoms with van der Waals surface area (Å²) in [6.45, 7) is 6.85. The van der Waals surface area contributed by atoms with Crippen molar-refractivity contribution in [2.24, 2.45) is 0 Å². The van der Waals surface area contributed by atoms with Gasteiger partial charge in [-0.15, -0.1) is 0 Å². The first kappa shape index (κ1) is 13.4. The van der Waals surface area contributed by atoms with Crippen molar-refractivity contribution in [2.45, 2.75) is 58.8 Å². The van der Waals surface area contributed by atoms with Crippen LogP contribution in [0.15, 0.2) is 18.3 Å². The highest BCUT2D eigenvalue weighted by atomic mass is 15.3. The second kappa shape index (κ2) is 5.79. The van der Waals surface area contributed by atoms with E-state index in [0.29, 0.717) is 0 Å². The Morgan fingerprint density at radius 3 is 2.80 bits per heavy atom. The van der Waals surface area contributed by atoms with Gasteiger partial charge in [0.05, 0.1) is 23.6 Å². The Hall–Kier alpha value is -1.62. The van der Waals surface area contributed by atoms with Gasteiger partial charge in [0.2, 0.25) is 0 Å². The molecule has 0 amide bonds. The molecule has 0 radical (unpaired) electrons. The zero-order valence-electron chi connectivity index (χ0n) is 12.3. The van der Waals surface area contributed by atoms with Gasteiger partial charge in [0.1, 0.15) is 0 Å². The van der Waals surface area contributed by atoms with E-state index in [4.69, 9.17) is 0 Å². The van der Waals surface area contributed by atoms with E-state index in [1.807, 2.05) is 4.68 Å². The van der Waals surface area contributed by atoms with Crippen LogP contribution in [0.2, 0.25) is 0 Å². The van der Waals surface area contributed by atoms with Crippen LogP contribution in [0.3, 0.4) is 0 Å². The zero-order chi connectivity index (χ0) is 13.9. The lowest BCUT2D eigenvalue weighted by molar-refractivity contribution is 0.566. The minimum absolute atomic E-state index is 0.730. The first-order chi connectivity index (χ1) is 9.78. The Bertz CT molecular complexity index is 565. The van der Waals surface area contributed by atoms with E-state index >= 15 is 0 Å². The van der Waals surface area contributed by atoms with Crippen molar-refractivity contribution in [1.29, 1.82) is 0 Å². The third-order valence-corrected chi connectivity index (χ3v) is 3.74. The maximum atomic E-state index is 4.63. The smallest absolute Gasteiger partial charge is 0.0828 e. The summed E-state index contributed by atoms with van der Waals surface area (Å²) < 4.78 is 4.08. The van der Waals surface area contributed by atoms with Crippen LogP contribution < -0.4 is 5.32 Å². The summed E-state index contributed by atoms with van der Waals surface area (Å²) in [5.74, 6) is 0. The van der Waals surface area contributed by atoms with E-state index < -0.39 is 0 Å². The van der Waals surface area contributed by atoms with Gasteiger partial charge in [-0.3, -0.25) is 9.36 Å².